The summed E-state index contributed by atoms with van der Waals surface area (Å²) in [4.78, 5) is 31.1. The van der Waals surface area contributed by atoms with Gasteiger partial charge in [-0.15, -0.1) is 5.11 Å². The number of hydrogen-bond donors (Lipinski definition) is 3. The van der Waals surface area contributed by atoms with Crippen LogP contribution in [-0.4, -0.2) is 34.3 Å². The molecule has 0 fully saturated rings. The predicted octanol–water partition coefficient (Wildman–Crippen LogP) is 5.21. The van der Waals surface area contributed by atoms with Crippen LogP contribution in [0.25, 0.3) is 11.1 Å². The number of aromatic nitrogens is 2. The van der Waals surface area contributed by atoms with E-state index in [4.69, 9.17) is 21.0 Å². The van der Waals surface area contributed by atoms with Crippen molar-refractivity contribution in [2.75, 3.05) is 17.3 Å². The third-order valence-electron chi connectivity index (χ3n) is 5.97. The van der Waals surface area contributed by atoms with Gasteiger partial charge in [-0.2, -0.15) is 10.1 Å². The number of aliphatic imine (C=N–C) groups is 2. The molecule has 194 valence electrons. The Bertz CT molecular complexity index is 1740. The number of halogens is 2. The van der Waals surface area contributed by atoms with E-state index in [2.05, 4.69) is 41.1 Å². The fourth-order valence-corrected chi connectivity index (χ4v) is 4.45. The van der Waals surface area contributed by atoms with Crippen molar-refractivity contribution in [1.82, 2.24) is 15.3 Å². The normalized spacial score (nSPS) is 16.6. The average Bonchev–Trinajstić information content (AvgIpc) is 3.58. The van der Waals surface area contributed by atoms with Gasteiger partial charge in [-0.1, -0.05) is 29.8 Å². The third kappa shape index (κ3) is 4.97. The van der Waals surface area contributed by atoms with Crippen LogP contribution in [-0.2, 0) is 4.79 Å². The Hall–Kier alpha value is -4.97. The molecule has 0 radical (unpaired) electrons. The highest BCUT2D eigenvalue weighted by molar-refractivity contribution is 6.31. The van der Waals surface area contributed by atoms with Gasteiger partial charge in [-0.3, -0.25) is 10.1 Å². The van der Waals surface area contributed by atoms with E-state index >= 15 is 0 Å². The molecule has 13 heteroatoms. The first-order valence-electron chi connectivity index (χ1n) is 11.8. The minimum absolute atomic E-state index is 0.105. The number of guanidine groups is 1. The number of pyridine rings is 1. The molecule has 4 aromatic rings. The summed E-state index contributed by atoms with van der Waals surface area (Å²) in [6.45, 7) is 2.01. The van der Waals surface area contributed by atoms with Gasteiger partial charge in [0.15, 0.2) is 18.1 Å². The molecule has 0 spiro atoms. The Labute approximate surface area is 225 Å². The lowest BCUT2D eigenvalue weighted by Crippen LogP contribution is -2.37. The number of anilines is 2. The van der Waals surface area contributed by atoms with Crippen molar-refractivity contribution in [1.29, 1.82) is 0 Å². The average molecular weight is 544 g/mol. The zero-order valence-corrected chi connectivity index (χ0v) is 21.1. The first-order valence-corrected chi connectivity index (χ1v) is 12.2. The first-order chi connectivity index (χ1) is 18.9. The number of benzene rings is 2. The third-order valence-corrected chi connectivity index (χ3v) is 6.31. The largest absolute Gasteiger partial charge is 0.423 e. The SMILES string of the molecule is CC1=C(C(=O)Nc2cc(C3=NCN=N3)ccn2)C(c2ccccc2Cl)N=C(Nc2nc3ccc(F)cc3o2)N1. The number of amidine groups is 1. The zero-order chi connectivity index (χ0) is 26.9. The molecule has 2 aliphatic heterocycles. The smallest absolute Gasteiger partial charge is 0.302 e. The molecule has 1 atom stereocenters. The second-order valence-corrected chi connectivity index (χ2v) is 8.98. The highest BCUT2D eigenvalue weighted by Crippen LogP contribution is 2.35. The quantitative estimate of drug-likeness (QED) is 0.315. The number of carbonyl (C=O) groups excluding carboxylic acids is 1. The van der Waals surface area contributed by atoms with Gasteiger partial charge in [-0.05, 0) is 37.3 Å². The van der Waals surface area contributed by atoms with Gasteiger partial charge < -0.3 is 15.1 Å². The minimum Gasteiger partial charge on any atom is -0.423 e. The molecule has 39 heavy (non-hydrogen) atoms. The summed E-state index contributed by atoms with van der Waals surface area (Å²) in [6, 6.07) is 13.9. The van der Waals surface area contributed by atoms with Gasteiger partial charge in [0, 0.05) is 34.1 Å². The van der Waals surface area contributed by atoms with E-state index in [1.165, 1.54) is 18.2 Å². The van der Waals surface area contributed by atoms with Crippen LogP contribution in [0.3, 0.4) is 0 Å². The molecule has 0 aliphatic carbocycles. The molecule has 1 amide bonds. The van der Waals surface area contributed by atoms with Crippen LogP contribution in [0.2, 0.25) is 5.02 Å². The second kappa shape index (κ2) is 10.1. The monoisotopic (exact) mass is 543 g/mol. The fraction of sp³-hybridized carbons (Fsp3) is 0.115. The van der Waals surface area contributed by atoms with Crippen LogP contribution in [0, 0.1) is 5.82 Å². The van der Waals surface area contributed by atoms with E-state index in [-0.39, 0.29) is 24.2 Å². The summed E-state index contributed by atoms with van der Waals surface area (Å²) in [6.07, 6.45) is 1.56. The summed E-state index contributed by atoms with van der Waals surface area (Å²) in [5.41, 5.74) is 2.90. The number of allylic oxidation sites excluding steroid dienone is 1. The Morgan fingerprint density at radius 1 is 1.18 bits per heavy atom. The molecule has 0 saturated heterocycles. The lowest BCUT2D eigenvalue weighted by Gasteiger charge is -2.26. The number of hydrogen-bond acceptors (Lipinski definition) is 10. The van der Waals surface area contributed by atoms with E-state index in [0.29, 0.717) is 44.6 Å². The van der Waals surface area contributed by atoms with Crippen LogP contribution in [0.15, 0.2) is 96.7 Å². The molecule has 0 saturated carbocycles. The molecule has 2 aliphatic rings. The van der Waals surface area contributed by atoms with E-state index < -0.39 is 17.8 Å². The maximum absolute atomic E-state index is 13.6. The van der Waals surface area contributed by atoms with Gasteiger partial charge in [0.05, 0.1) is 5.57 Å². The topological polar surface area (TPSA) is 142 Å². The summed E-state index contributed by atoms with van der Waals surface area (Å²) in [7, 11) is 0. The number of oxazole rings is 1. The summed E-state index contributed by atoms with van der Waals surface area (Å²) in [5, 5.41) is 17.2. The van der Waals surface area contributed by atoms with E-state index in [1.807, 2.05) is 6.07 Å². The van der Waals surface area contributed by atoms with Crippen molar-refractivity contribution in [3.05, 3.63) is 94.0 Å². The molecule has 4 heterocycles. The highest BCUT2D eigenvalue weighted by Gasteiger charge is 2.31. The zero-order valence-electron chi connectivity index (χ0n) is 20.3. The molecular weight excluding hydrogens is 525 g/mol. The summed E-state index contributed by atoms with van der Waals surface area (Å²) < 4.78 is 19.2. The van der Waals surface area contributed by atoms with E-state index in [1.54, 1.807) is 43.5 Å². The maximum Gasteiger partial charge on any atom is 0.302 e. The number of rotatable bonds is 5. The lowest BCUT2D eigenvalue weighted by molar-refractivity contribution is -0.113. The standard InChI is InChI=1S/C26H19ClFN9O2/c1-13-21(24(38)34-20-10-14(8-9-29-20)23-30-12-31-37-23)22(16-4-2-3-5-17(16)27)35-25(32-13)36-26-33-18-7-6-15(28)11-19(18)39-26/h2-11,22H,12H2,1H3,(H,29,34,38)(H2,32,33,35,36). The second-order valence-electron chi connectivity index (χ2n) is 8.57. The van der Waals surface area contributed by atoms with Crippen molar-refractivity contribution < 1.29 is 13.6 Å². The van der Waals surface area contributed by atoms with Crippen molar-refractivity contribution in [2.45, 2.75) is 13.0 Å². The van der Waals surface area contributed by atoms with Crippen LogP contribution in [0.1, 0.15) is 24.1 Å². The van der Waals surface area contributed by atoms with Crippen LogP contribution in [0.4, 0.5) is 16.2 Å². The van der Waals surface area contributed by atoms with Crippen LogP contribution < -0.4 is 16.0 Å². The molecule has 6 rings (SSSR count). The Kier molecular flexibility index (Phi) is 6.29. The summed E-state index contributed by atoms with van der Waals surface area (Å²) in [5.74, 6) is 0.188. The molecule has 0 bridgehead atoms. The van der Waals surface area contributed by atoms with Crippen molar-refractivity contribution in [3.8, 4) is 0 Å². The number of amides is 1. The number of azo groups is 1. The predicted molar refractivity (Wildman–Crippen MR) is 144 cm³/mol. The van der Waals surface area contributed by atoms with E-state index in [0.717, 1.165) is 0 Å². The number of fused-ring (bicyclic) bond motifs is 1. The Morgan fingerprint density at radius 3 is 2.87 bits per heavy atom. The fourth-order valence-electron chi connectivity index (χ4n) is 4.21. The highest BCUT2D eigenvalue weighted by atomic mass is 35.5. The maximum atomic E-state index is 13.6. The molecular formula is C26H19ClFN9O2. The Morgan fingerprint density at radius 2 is 2.05 bits per heavy atom. The number of nitrogens with one attached hydrogen (secondary N) is 3. The van der Waals surface area contributed by atoms with Gasteiger partial charge in [0.2, 0.25) is 5.96 Å². The van der Waals surface area contributed by atoms with Crippen molar-refractivity contribution >= 4 is 52.2 Å². The molecule has 2 aromatic carbocycles. The molecule has 11 nitrogen and oxygen atoms in total. The molecule has 2 aromatic heterocycles. The number of carbonyl (C=O) groups is 1. The Balaban J connectivity index is 1.31. The number of nitrogens with zero attached hydrogens (tertiary/aromatic N) is 6. The minimum atomic E-state index is -0.777. The lowest BCUT2D eigenvalue weighted by atomic mass is 9.95. The van der Waals surface area contributed by atoms with Gasteiger partial charge >= 0.3 is 6.01 Å². The van der Waals surface area contributed by atoms with Crippen LogP contribution >= 0.6 is 11.6 Å². The van der Waals surface area contributed by atoms with Crippen molar-refractivity contribution in [3.63, 3.8) is 0 Å². The summed E-state index contributed by atoms with van der Waals surface area (Å²) >= 11 is 6.53. The van der Waals surface area contributed by atoms with Crippen molar-refractivity contribution in [2.24, 2.45) is 20.2 Å². The molecule has 3 N–H and O–H groups in total. The van der Waals surface area contributed by atoms with Gasteiger partial charge in [-0.25, -0.2) is 19.4 Å². The van der Waals surface area contributed by atoms with Gasteiger partial charge in [0.1, 0.15) is 23.2 Å². The van der Waals surface area contributed by atoms with Crippen LogP contribution in [0.5, 0.6) is 0 Å². The first kappa shape index (κ1) is 24.4. The molecule has 1 unspecified atom stereocenters. The van der Waals surface area contributed by atoms with Gasteiger partial charge in [0.25, 0.3) is 5.91 Å². The van der Waals surface area contributed by atoms with E-state index in [9.17, 15) is 9.18 Å².